The summed E-state index contributed by atoms with van der Waals surface area (Å²) in [6.07, 6.45) is 3.33. The molecule has 0 heterocycles. The predicted octanol–water partition coefficient (Wildman–Crippen LogP) is 4.43. The van der Waals surface area contributed by atoms with E-state index in [9.17, 15) is 8.42 Å². The van der Waals surface area contributed by atoms with E-state index in [1.165, 1.54) is 0 Å². The van der Waals surface area contributed by atoms with Gasteiger partial charge in [-0.2, -0.15) is 0 Å². The SMILES string of the molecule is COc1ccc(O[C@@H]2CCCC[C@H]2NS(=O)(=O)c2ccc(C)cc2)c(Br)c1. The molecule has 1 N–H and O–H groups in total. The smallest absolute Gasteiger partial charge is 0.240 e. The summed E-state index contributed by atoms with van der Waals surface area (Å²) in [5.74, 6) is 1.41. The third-order valence-electron chi connectivity index (χ3n) is 4.76. The third kappa shape index (κ3) is 5.03. The molecule has 1 fully saturated rings. The fourth-order valence-electron chi connectivity index (χ4n) is 3.22. The molecule has 27 heavy (non-hydrogen) atoms. The van der Waals surface area contributed by atoms with Gasteiger partial charge >= 0.3 is 0 Å². The van der Waals surface area contributed by atoms with Gasteiger partial charge in [0.2, 0.25) is 10.0 Å². The van der Waals surface area contributed by atoms with Gasteiger partial charge in [-0.3, -0.25) is 0 Å². The lowest BCUT2D eigenvalue weighted by atomic mass is 9.93. The van der Waals surface area contributed by atoms with Gasteiger partial charge in [-0.15, -0.1) is 0 Å². The fourth-order valence-corrected chi connectivity index (χ4v) is 4.97. The van der Waals surface area contributed by atoms with Gasteiger partial charge in [0.15, 0.2) is 0 Å². The molecule has 5 nitrogen and oxygen atoms in total. The molecule has 1 aliphatic carbocycles. The topological polar surface area (TPSA) is 64.6 Å². The van der Waals surface area contributed by atoms with Crippen molar-refractivity contribution in [2.75, 3.05) is 7.11 Å². The number of hydrogen-bond acceptors (Lipinski definition) is 4. The molecule has 0 bridgehead atoms. The number of nitrogens with one attached hydrogen (secondary N) is 1. The Labute approximate surface area is 169 Å². The van der Waals surface area contributed by atoms with Gasteiger partial charge in [-0.1, -0.05) is 24.1 Å². The largest absolute Gasteiger partial charge is 0.497 e. The zero-order chi connectivity index (χ0) is 19.4. The first-order valence-electron chi connectivity index (χ1n) is 8.98. The van der Waals surface area contributed by atoms with Crippen LogP contribution in [0.4, 0.5) is 0 Å². The van der Waals surface area contributed by atoms with Crippen LogP contribution in [0.5, 0.6) is 11.5 Å². The highest BCUT2D eigenvalue weighted by Crippen LogP contribution is 2.32. The normalized spacial score (nSPS) is 20.3. The quantitative estimate of drug-likeness (QED) is 0.701. The van der Waals surface area contributed by atoms with E-state index in [4.69, 9.17) is 9.47 Å². The van der Waals surface area contributed by atoms with Crippen LogP contribution in [-0.4, -0.2) is 27.7 Å². The van der Waals surface area contributed by atoms with E-state index in [-0.39, 0.29) is 17.0 Å². The van der Waals surface area contributed by atoms with Crippen LogP contribution in [0.25, 0.3) is 0 Å². The Bertz CT molecular complexity index is 883. The summed E-state index contributed by atoms with van der Waals surface area (Å²) in [6.45, 7) is 1.93. The highest BCUT2D eigenvalue weighted by molar-refractivity contribution is 9.10. The van der Waals surface area contributed by atoms with E-state index in [0.29, 0.717) is 5.75 Å². The van der Waals surface area contributed by atoms with Crippen molar-refractivity contribution in [3.63, 3.8) is 0 Å². The second-order valence-electron chi connectivity index (χ2n) is 6.78. The predicted molar refractivity (Wildman–Crippen MR) is 109 cm³/mol. The Kier molecular flexibility index (Phi) is 6.44. The summed E-state index contributed by atoms with van der Waals surface area (Å²) in [6, 6.07) is 12.1. The monoisotopic (exact) mass is 453 g/mol. The molecule has 0 spiro atoms. The maximum Gasteiger partial charge on any atom is 0.240 e. The Morgan fingerprint density at radius 2 is 1.78 bits per heavy atom. The van der Waals surface area contributed by atoms with Gasteiger partial charge < -0.3 is 9.47 Å². The van der Waals surface area contributed by atoms with Gasteiger partial charge in [0.05, 0.1) is 22.5 Å². The second-order valence-corrected chi connectivity index (χ2v) is 9.35. The van der Waals surface area contributed by atoms with Crippen LogP contribution in [0.15, 0.2) is 51.8 Å². The van der Waals surface area contributed by atoms with Gasteiger partial charge in [-0.05, 0) is 72.4 Å². The van der Waals surface area contributed by atoms with Crippen molar-refractivity contribution in [2.24, 2.45) is 0 Å². The maximum absolute atomic E-state index is 12.8. The van der Waals surface area contributed by atoms with Crippen LogP contribution in [-0.2, 0) is 10.0 Å². The van der Waals surface area contributed by atoms with E-state index in [2.05, 4.69) is 20.7 Å². The van der Waals surface area contributed by atoms with E-state index >= 15 is 0 Å². The number of aryl methyl sites for hydroxylation is 1. The molecule has 0 saturated heterocycles. The molecule has 0 radical (unpaired) electrons. The van der Waals surface area contributed by atoms with Crippen LogP contribution >= 0.6 is 15.9 Å². The van der Waals surface area contributed by atoms with E-state index < -0.39 is 10.0 Å². The first kappa shape index (κ1) is 20.2. The molecule has 0 aromatic heterocycles. The zero-order valence-electron chi connectivity index (χ0n) is 15.4. The molecule has 7 heteroatoms. The highest BCUT2D eigenvalue weighted by atomic mass is 79.9. The number of rotatable bonds is 6. The Morgan fingerprint density at radius 1 is 1.07 bits per heavy atom. The van der Waals surface area contributed by atoms with Crippen LogP contribution < -0.4 is 14.2 Å². The second kappa shape index (κ2) is 8.63. The Hall–Kier alpha value is -1.57. The number of hydrogen-bond donors (Lipinski definition) is 1. The van der Waals surface area contributed by atoms with Crippen molar-refractivity contribution >= 4 is 26.0 Å². The lowest BCUT2D eigenvalue weighted by Crippen LogP contribution is -2.47. The van der Waals surface area contributed by atoms with E-state index in [1.807, 2.05) is 25.1 Å². The number of sulfonamides is 1. The van der Waals surface area contributed by atoms with Crippen LogP contribution in [0.3, 0.4) is 0 Å². The van der Waals surface area contributed by atoms with Gasteiger partial charge in [-0.25, -0.2) is 13.1 Å². The average molecular weight is 454 g/mol. The molecule has 146 valence electrons. The molecule has 2 aromatic carbocycles. The summed E-state index contributed by atoms with van der Waals surface area (Å²) in [5, 5.41) is 0. The first-order chi connectivity index (χ1) is 12.9. The van der Waals surface area contributed by atoms with Crippen LogP contribution in [0, 0.1) is 6.92 Å². The molecule has 0 aliphatic heterocycles. The number of benzene rings is 2. The lowest BCUT2D eigenvalue weighted by molar-refractivity contribution is 0.124. The Morgan fingerprint density at radius 3 is 2.44 bits per heavy atom. The van der Waals surface area contributed by atoms with Gasteiger partial charge in [0, 0.05) is 0 Å². The molecule has 1 aliphatic rings. The standard InChI is InChI=1S/C20H24BrNO4S/c1-14-7-10-16(11-8-14)27(23,24)22-18-5-3-4-6-20(18)26-19-12-9-15(25-2)13-17(19)21/h7-13,18,20,22H,3-6H2,1-2H3/t18-,20-/m1/s1. The molecule has 2 aromatic rings. The summed E-state index contributed by atoms with van der Waals surface area (Å²) in [4.78, 5) is 0.281. The molecule has 0 unspecified atom stereocenters. The Balaban J connectivity index is 1.76. The maximum atomic E-state index is 12.8. The zero-order valence-corrected chi connectivity index (χ0v) is 17.8. The summed E-state index contributed by atoms with van der Waals surface area (Å²) in [5.41, 5.74) is 1.03. The van der Waals surface area contributed by atoms with Crippen molar-refractivity contribution in [1.29, 1.82) is 0 Å². The van der Waals surface area contributed by atoms with Gasteiger partial charge in [0.25, 0.3) is 0 Å². The van der Waals surface area contributed by atoms with Crippen molar-refractivity contribution in [3.8, 4) is 11.5 Å². The summed E-state index contributed by atoms with van der Waals surface area (Å²) in [7, 11) is -1.97. The van der Waals surface area contributed by atoms with E-state index in [1.54, 1.807) is 31.4 Å². The molecule has 3 rings (SSSR count). The van der Waals surface area contributed by atoms with Crippen molar-refractivity contribution in [3.05, 3.63) is 52.5 Å². The summed E-state index contributed by atoms with van der Waals surface area (Å²) >= 11 is 3.50. The van der Waals surface area contributed by atoms with Crippen molar-refractivity contribution in [1.82, 2.24) is 4.72 Å². The average Bonchev–Trinajstić information content (AvgIpc) is 2.65. The molecule has 1 saturated carbocycles. The van der Waals surface area contributed by atoms with E-state index in [0.717, 1.165) is 41.5 Å². The van der Waals surface area contributed by atoms with Crippen molar-refractivity contribution < 1.29 is 17.9 Å². The minimum atomic E-state index is -3.58. The van der Waals surface area contributed by atoms with Crippen molar-refractivity contribution in [2.45, 2.75) is 49.6 Å². The minimum Gasteiger partial charge on any atom is -0.497 e. The summed E-state index contributed by atoms with van der Waals surface area (Å²) < 4.78 is 40.5. The molecule has 2 atom stereocenters. The molecule has 0 amide bonds. The molecular formula is C20H24BrNO4S. The van der Waals surface area contributed by atoms with Gasteiger partial charge in [0.1, 0.15) is 17.6 Å². The fraction of sp³-hybridized carbons (Fsp3) is 0.400. The first-order valence-corrected chi connectivity index (χ1v) is 11.3. The highest BCUT2D eigenvalue weighted by Gasteiger charge is 2.31. The number of methoxy groups -OCH3 is 1. The number of ether oxygens (including phenoxy) is 2. The van der Waals surface area contributed by atoms with Crippen LogP contribution in [0.1, 0.15) is 31.2 Å². The number of halogens is 1. The minimum absolute atomic E-state index is 0.219. The lowest BCUT2D eigenvalue weighted by Gasteiger charge is -2.32. The third-order valence-corrected chi connectivity index (χ3v) is 6.88. The molecular weight excluding hydrogens is 430 g/mol. The van der Waals surface area contributed by atoms with Crippen LogP contribution in [0.2, 0.25) is 0 Å².